The van der Waals surface area contributed by atoms with Crippen molar-refractivity contribution in [2.75, 3.05) is 11.1 Å². The van der Waals surface area contributed by atoms with Crippen molar-refractivity contribution in [3.63, 3.8) is 0 Å². The summed E-state index contributed by atoms with van der Waals surface area (Å²) in [4.78, 5) is 22.5. The van der Waals surface area contributed by atoms with Crippen molar-refractivity contribution in [3.8, 4) is 11.1 Å². The number of aromatic nitrogens is 2. The van der Waals surface area contributed by atoms with Gasteiger partial charge in [0, 0.05) is 16.6 Å². The number of hydrogen-bond acceptors (Lipinski definition) is 5. The second-order valence-electron chi connectivity index (χ2n) is 8.97. The predicted octanol–water partition coefficient (Wildman–Crippen LogP) is 7.00. The van der Waals surface area contributed by atoms with Crippen LogP contribution in [0.25, 0.3) is 21.3 Å². The summed E-state index contributed by atoms with van der Waals surface area (Å²) in [7, 11) is 0. The second-order valence-corrected chi connectivity index (χ2v) is 10.8. The fourth-order valence-corrected chi connectivity index (χ4v) is 5.26. The van der Waals surface area contributed by atoms with Gasteiger partial charge in [-0.25, -0.2) is 9.97 Å². The molecule has 0 saturated carbocycles. The Balaban J connectivity index is 1.51. The number of aryl methyl sites for hydroxylation is 2. The smallest absolute Gasteiger partial charge is 0.234 e. The van der Waals surface area contributed by atoms with E-state index in [0.717, 1.165) is 32.1 Å². The van der Waals surface area contributed by atoms with Crippen LogP contribution in [0.5, 0.6) is 0 Å². The molecule has 0 aliphatic rings. The van der Waals surface area contributed by atoms with Gasteiger partial charge in [0.1, 0.15) is 16.2 Å². The largest absolute Gasteiger partial charge is 0.325 e. The van der Waals surface area contributed by atoms with Gasteiger partial charge in [-0.05, 0) is 53.6 Å². The average molecular weight is 462 g/mol. The van der Waals surface area contributed by atoms with Crippen LogP contribution in [-0.2, 0) is 10.2 Å². The number of hydrogen-bond donors (Lipinski definition) is 1. The average Bonchev–Trinajstić information content (AvgIpc) is 3.19. The van der Waals surface area contributed by atoms with E-state index in [1.165, 1.54) is 28.5 Å². The highest BCUT2D eigenvalue weighted by Crippen LogP contribution is 2.38. The second kappa shape index (κ2) is 9.04. The summed E-state index contributed by atoms with van der Waals surface area (Å²) in [6.07, 6.45) is 1.58. The summed E-state index contributed by atoms with van der Waals surface area (Å²) in [6, 6.07) is 14.5. The van der Waals surface area contributed by atoms with Crippen LogP contribution >= 0.6 is 23.1 Å². The molecule has 0 atom stereocenters. The third-order valence-electron chi connectivity index (χ3n) is 5.53. The number of fused-ring (bicyclic) bond motifs is 1. The molecule has 2 aromatic heterocycles. The lowest BCUT2D eigenvalue weighted by atomic mass is 9.87. The summed E-state index contributed by atoms with van der Waals surface area (Å²) in [5.41, 5.74) is 6.93. The molecule has 0 saturated heterocycles. The van der Waals surface area contributed by atoms with Gasteiger partial charge in [0.15, 0.2) is 0 Å². The number of carbonyl (C=O) groups excluding carboxylic acids is 1. The number of rotatable bonds is 5. The van der Waals surface area contributed by atoms with Crippen LogP contribution in [0.15, 0.2) is 59.2 Å². The van der Waals surface area contributed by atoms with E-state index in [9.17, 15) is 4.79 Å². The van der Waals surface area contributed by atoms with Crippen LogP contribution in [0.3, 0.4) is 0 Å². The van der Waals surface area contributed by atoms with E-state index in [2.05, 4.69) is 85.6 Å². The molecule has 1 N–H and O–H groups in total. The lowest BCUT2D eigenvalue weighted by Gasteiger charge is -2.19. The summed E-state index contributed by atoms with van der Waals surface area (Å²) in [5.74, 6) is 0.239. The van der Waals surface area contributed by atoms with Crippen LogP contribution in [0.4, 0.5) is 5.69 Å². The SMILES string of the molecule is Cc1ccc(-c2csc3ncnc(SCC(=O)Nc4ccc(C(C)(C)C)cc4)c23)cc1C. The van der Waals surface area contributed by atoms with Crippen molar-refractivity contribution in [1.29, 1.82) is 0 Å². The Labute approximate surface area is 197 Å². The Morgan fingerprint density at radius 2 is 1.78 bits per heavy atom. The fraction of sp³-hybridized carbons (Fsp3) is 0.269. The van der Waals surface area contributed by atoms with E-state index in [1.807, 2.05) is 12.1 Å². The van der Waals surface area contributed by atoms with Crippen LogP contribution < -0.4 is 5.32 Å². The molecule has 2 aromatic carbocycles. The molecule has 4 aromatic rings. The molecule has 32 heavy (non-hydrogen) atoms. The van der Waals surface area contributed by atoms with Crippen LogP contribution in [0.2, 0.25) is 0 Å². The van der Waals surface area contributed by atoms with Gasteiger partial charge in [-0.2, -0.15) is 0 Å². The third-order valence-corrected chi connectivity index (χ3v) is 7.40. The monoisotopic (exact) mass is 461 g/mol. The number of thioether (sulfide) groups is 1. The Bertz CT molecular complexity index is 1270. The number of benzene rings is 2. The van der Waals surface area contributed by atoms with Gasteiger partial charge >= 0.3 is 0 Å². The van der Waals surface area contributed by atoms with Gasteiger partial charge in [0.2, 0.25) is 5.91 Å². The van der Waals surface area contributed by atoms with Crippen LogP contribution in [0, 0.1) is 13.8 Å². The van der Waals surface area contributed by atoms with E-state index in [-0.39, 0.29) is 17.1 Å². The molecule has 4 nitrogen and oxygen atoms in total. The maximum atomic E-state index is 12.6. The van der Waals surface area contributed by atoms with E-state index in [4.69, 9.17) is 0 Å². The Morgan fingerprint density at radius 3 is 2.47 bits per heavy atom. The molecule has 0 aliphatic heterocycles. The summed E-state index contributed by atoms with van der Waals surface area (Å²) in [5, 5.41) is 6.98. The first-order valence-electron chi connectivity index (χ1n) is 10.6. The van der Waals surface area contributed by atoms with Gasteiger partial charge in [0.05, 0.1) is 11.1 Å². The van der Waals surface area contributed by atoms with Gasteiger partial charge < -0.3 is 5.32 Å². The number of thiophene rings is 1. The third kappa shape index (κ3) is 4.87. The zero-order chi connectivity index (χ0) is 22.9. The number of nitrogens with zero attached hydrogens (tertiary/aromatic N) is 2. The molecule has 0 aliphatic carbocycles. The summed E-state index contributed by atoms with van der Waals surface area (Å²) >= 11 is 3.06. The maximum Gasteiger partial charge on any atom is 0.234 e. The van der Waals surface area contributed by atoms with Crippen LogP contribution in [-0.4, -0.2) is 21.6 Å². The normalized spacial score (nSPS) is 11.7. The van der Waals surface area contributed by atoms with Crippen molar-refractivity contribution in [2.24, 2.45) is 0 Å². The lowest BCUT2D eigenvalue weighted by Crippen LogP contribution is -2.15. The zero-order valence-corrected chi connectivity index (χ0v) is 20.7. The van der Waals surface area contributed by atoms with E-state index in [1.54, 1.807) is 17.7 Å². The van der Waals surface area contributed by atoms with Gasteiger partial charge in [-0.1, -0.05) is 62.9 Å². The van der Waals surface area contributed by atoms with Crippen molar-refractivity contribution >= 4 is 44.9 Å². The minimum atomic E-state index is -0.0479. The highest BCUT2D eigenvalue weighted by Gasteiger charge is 2.16. The topological polar surface area (TPSA) is 54.9 Å². The quantitative estimate of drug-likeness (QED) is 0.257. The van der Waals surface area contributed by atoms with Crippen LogP contribution in [0.1, 0.15) is 37.5 Å². The van der Waals surface area contributed by atoms with Crippen molar-refractivity contribution < 1.29 is 4.79 Å². The van der Waals surface area contributed by atoms with Gasteiger partial charge in [-0.15, -0.1) is 11.3 Å². The zero-order valence-electron chi connectivity index (χ0n) is 19.0. The fourth-order valence-electron chi connectivity index (χ4n) is 3.46. The molecule has 6 heteroatoms. The molecule has 1 amide bonds. The summed E-state index contributed by atoms with van der Waals surface area (Å²) in [6.45, 7) is 10.8. The molecule has 0 radical (unpaired) electrons. The number of carbonyl (C=O) groups is 1. The van der Waals surface area contributed by atoms with E-state index >= 15 is 0 Å². The molecule has 4 rings (SSSR count). The van der Waals surface area contributed by atoms with Crippen molar-refractivity contribution in [1.82, 2.24) is 9.97 Å². The van der Waals surface area contributed by atoms with Gasteiger partial charge in [0.25, 0.3) is 0 Å². The van der Waals surface area contributed by atoms with Crippen molar-refractivity contribution in [3.05, 3.63) is 70.9 Å². The highest BCUT2D eigenvalue weighted by molar-refractivity contribution is 8.00. The minimum absolute atomic E-state index is 0.0479. The lowest BCUT2D eigenvalue weighted by molar-refractivity contribution is -0.113. The molecular formula is C26H27N3OS2. The number of anilines is 1. The Morgan fingerprint density at radius 1 is 1.03 bits per heavy atom. The first-order chi connectivity index (χ1) is 15.2. The molecule has 0 bridgehead atoms. The molecule has 0 fully saturated rings. The molecule has 0 unspecified atom stereocenters. The molecule has 2 heterocycles. The number of nitrogens with one attached hydrogen (secondary N) is 1. The minimum Gasteiger partial charge on any atom is -0.325 e. The van der Waals surface area contributed by atoms with Crippen molar-refractivity contribution in [2.45, 2.75) is 45.1 Å². The molecule has 164 valence electrons. The number of amides is 1. The molecule has 0 spiro atoms. The van der Waals surface area contributed by atoms with E-state index < -0.39 is 0 Å². The molecular weight excluding hydrogens is 434 g/mol. The predicted molar refractivity (Wildman–Crippen MR) is 137 cm³/mol. The first kappa shape index (κ1) is 22.5. The first-order valence-corrected chi connectivity index (χ1v) is 12.4. The van der Waals surface area contributed by atoms with E-state index in [0.29, 0.717) is 0 Å². The highest BCUT2D eigenvalue weighted by atomic mass is 32.2. The summed E-state index contributed by atoms with van der Waals surface area (Å²) < 4.78 is 0. The Kier molecular flexibility index (Phi) is 6.35. The Hall–Kier alpha value is -2.70. The standard InChI is InChI=1S/C26H27N3OS2/c1-16-6-7-18(12-17(16)2)21-13-31-24-23(21)25(28-15-27-24)32-14-22(30)29-20-10-8-19(9-11-20)26(3,4)5/h6-13,15H,14H2,1-5H3,(H,29,30). The maximum absolute atomic E-state index is 12.6. The van der Waals surface area contributed by atoms with Gasteiger partial charge in [-0.3, -0.25) is 4.79 Å².